The first kappa shape index (κ1) is 19.6. The summed E-state index contributed by atoms with van der Waals surface area (Å²) in [5.74, 6) is -0.167. The van der Waals surface area contributed by atoms with Gasteiger partial charge in [0, 0.05) is 12.6 Å². The van der Waals surface area contributed by atoms with E-state index in [0.717, 1.165) is 31.2 Å². The highest BCUT2D eigenvalue weighted by atomic mass is 32.1. The average Bonchev–Trinajstić information content (AvgIpc) is 3.23. The normalized spacial score (nSPS) is 14.9. The number of hydrogen-bond acceptors (Lipinski definition) is 4. The minimum absolute atomic E-state index is 0.0613. The maximum absolute atomic E-state index is 13.1. The third-order valence-electron chi connectivity index (χ3n) is 5.58. The van der Waals surface area contributed by atoms with Gasteiger partial charge >= 0.3 is 5.69 Å². The highest BCUT2D eigenvalue weighted by molar-refractivity contribution is 7.17. The van der Waals surface area contributed by atoms with Crippen molar-refractivity contribution in [3.05, 3.63) is 68.2 Å². The molecule has 2 heterocycles. The Morgan fingerprint density at radius 2 is 1.79 bits per heavy atom. The van der Waals surface area contributed by atoms with Crippen molar-refractivity contribution < 1.29 is 4.79 Å². The Labute approximate surface area is 172 Å². The molecule has 2 aromatic heterocycles. The maximum atomic E-state index is 13.1. The monoisotopic (exact) mass is 411 g/mol. The molecule has 7 heteroatoms. The van der Waals surface area contributed by atoms with Crippen molar-refractivity contribution in [3.63, 3.8) is 0 Å². The summed E-state index contributed by atoms with van der Waals surface area (Å²) >= 11 is 1.31. The molecule has 0 aliphatic heterocycles. The number of carbonyl (C=O) groups is 1. The minimum Gasteiger partial charge on any atom is -0.352 e. The first-order valence-electron chi connectivity index (χ1n) is 10.2. The lowest BCUT2D eigenvalue weighted by Crippen LogP contribution is -2.44. The predicted molar refractivity (Wildman–Crippen MR) is 116 cm³/mol. The van der Waals surface area contributed by atoms with Crippen molar-refractivity contribution in [1.82, 2.24) is 14.5 Å². The molecule has 0 saturated heterocycles. The molecule has 0 atom stereocenters. The summed E-state index contributed by atoms with van der Waals surface area (Å²) in [6.45, 7) is 0.230. The Balaban J connectivity index is 1.61. The summed E-state index contributed by atoms with van der Waals surface area (Å²) in [5.41, 5.74) is 0.905. The number of rotatable bonds is 6. The molecule has 1 N–H and O–H groups in total. The number of thiophene rings is 1. The van der Waals surface area contributed by atoms with Crippen LogP contribution in [0.2, 0.25) is 0 Å². The fraction of sp³-hybridized carbons (Fsp3) is 0.409. The number of carbonyl (C=O) groups excluding carboxylic acids is 1. The van der Waals surface area contributed by atoms with E-state index in [0.29, 0.717) is 23.2 Å². The van der Waals surface area contributed by atoms with Crippen molar-refractivity contribution in [1.29, 1.82) is 0 Å². The van der Waals surface area contributed by atoms with E-state index in [1.54, 1.807) is 11.4 Å². The molecule has 0 spiro atoms. The molecular formula is C22H25N3O3S. The fourth-order valence-corrected chi connectivity index (χ4v) is 4.88. The third-order valence-corrected chi connectivity index (χ3v) is 6.47. The van der Waals surface area contributed by atoms with Gasteiger partial charge in [-0.15, -0.1) is 11.3 Å². The van der Waals surface area contributed by atoms with Crippen molar-refractivity contribution in [3.8, 4) is 0 Å². The molecule has 0 unspecified atom stereocenters. The second kappa shape index (κ2) is 8.78. The van der Waals surface area contributed by atoms with Gasteiger partial charge in [0.05, 0.1) is 5.52 Å². The van der Waals surface area contributed by atoms with E-state index in [-0.39, 0.29) is 24.1 Å². The Kier molecular flexibility index (Phi) is 5.94. The molecule has 1 aliphatic carbocycles. The second-order valence-electron chi connectivity index (χ2n) is 7.60. The zero-order valence-corrected chi connectivity index (χ0v) is 17.1. The van der Waals surface area contributed by atoms with Crippen molar-refractivity contribution in [2.75, 3.05) is 0 Å². The summed E-state index contributed by atoms with van der Waals surface area (Å²) in [7, 11) is 0. The largest absolute Gasteiger partial charge is 0.352 e. The van der Waals surface area contributed by atoms with E-state index < -0.39 is 5.69 Å². The molecule has 1 amide bonds. The van der Waals surface area contributed by atoms with Crippen LogP contribution in [0.1, 0.15) is 37.7 Å². The lowest BCUT2D eigenvalue weighted by molar-refractivity contribution is -0.122. The van der Waals surface area contributed by atoms with Crippen molar-refractivity contribution in [2.24, 2.45) is 0 Å². The van der Waals surface area contributed by atoms with Gasteiger partial charge in [-0.1, -0.05) is 49.6 Å². The lowest BCUT2D eigenvalue weighted by Gasteiger charge is -2.23. The summed E-state index contributed by atoms with van der Waals surface area (Å²) in [5, 5.41) is 4.85. The summed E-state index contributed by atoms with van der Waals surface area (Å²) in [4.78, 5) is 38.6. The van der Waals surface area contributed by atoms with Crippen LogP contribution in [0.3, 0.4) is 0 Å². The zero-order valence-electron chi connectivity index (χ0n) is 16.3. The number of fused-ring (bicyclic) bond motifs is 1. The maximum Gasteiger partial charge on any atom is 0.332 e. The number of aromatic nitrogens is 2. The number of nitrogens with zero attached hydrogens (tertiary/aromatic N) is 2. The van der Waals surface area contributed by atoms with Crippen LogP contribution >= 0.6 is 11.3 Å². The Morgan fingerprint density at radius 1 is 1.03 bits per heavy atom. The van der Waals surface area contributed by atoms with E-state index in [1.165, 1.54) is 26.9 Å². The molecule has 1 aliphatic rings. The average molecular weight is 412 g/mol. The smallest absolute Gasteiger partial charge is 0.332 e. The topological polar surface area (TPSA) is 73.1 Å². The van der Waals surface area contributed by atoms with Gasteiger partial charge in [-0.3, -0.25) is 18.7 Å². The van der Waals surface area contributed by atoms with Gasteiger partial charge in [-0.2, -0.15) is 0 Å². The standard InChI is InChI=1S/C22H25N3O3S/c26-19(23-17-9-5-2-6-10-17)15-25-18-12-14-29-20(18)21(27)24(22(25)28)13-11-16-7-3-1-4-8-16/h1,3-4,7-8,12,14,17H,2,5-6,9-11,13,15H2,(H,23,26). The number of benzene rings is 1. The van der Waals surface area contributed by atoms with Crippen LogP contribution in [-0.2, 0) is 24.3 Å². The summed E-state index contributed by atoms with van der Waals surface area (Å²) in [6, 6.07) is 11.7. The molecule has 0 radical (unpaired) electrons. The van der Waals surface area contributed by atoms with Gasteiger partial charge < -0.3 is 5.32 Å². The Morgan fingerprint density at radius 3 is 2.55 bits per heavy atom. The summed E-state index contributed by atoms with van der Waals surface area (Å²) < 4.78 is 3.22. The van der Waals surface area contributed by atoms with E-state index in [1.807, 2.05) is 30.3 Å². The summed E-state index contributed by atoms with van der Waals surface area (Å²) in [6.07, 6.45) is 6.04. The van der Waals surface area contributed by atoms with Crippen LogP contribution in [0.5, 0.6) is 0 Å². The van der Waals surface area contributed by atoms with Crippen molar-refractivity contribution >= 4 is 27.5 Å². The van der Waals surface area contributed by atoms with Gasteiger partial charge in [-0.25, -0.2) is 4.79 Å². The van der Waals surface area contributed by atoms with Crippen LogP contribution in [0.15, 0.2) is 51.4 Å². The Hall–Kier alpha value is -2.67. The van der Waals surface area contributed by atoms with E-state index in [4.69, 9.17) is 0 Å². The van der Waals surface area contributed by atoms with Crippen LogP contribution in [-0.4, -0.2) is 21.1 Å². The highest BCUT2D eigenvalue weighted by Crippen LogP contribution is 2.18. The lowest BCUT2D eigenvalue weighted by atomic mass is 9.95. The molecular weight excluding hydrogens is 386 g/mol. The Bertz CT molecular complexity index is 1110. The van der Waals surface area contributed by atoms with Crippen LogP contribution in [0, 0.1) is 0 Å². The number of nitrogens with one attached hydrogen (secondary N) is 1. The van der Waals surface area contributed by atoms with Gasteiger partial charge in [0.2, 0.25) is 5.91 Å². The second-order valence-corrected chi connectivity index (χ2v) is 8.51. The minimum atomic E-state index is -0.421. The van der Waals surface area contributed by atoms with Gasteiger partial charge in [0.15, 0.2) is 0 Å². The van der Waals surface area contributed by atoms with E-state index in [2.05, 4.69) is 5.32 Å². The van der Waals surface area contributed by atoms with Gasteiger partial charge in [-0.05, 0) is 36.3 Å². The molecule has 4 rings (SSSR count). The molecule has 1 saturated carbocycles. The SMILES string of the molecule is O=C(Cn1c(=O)n(CCc2ccccc2)c(=O)c2sccc21)NC1CCCCC1. The molecule has 1 aromatic carbocycles. The van der Waals surface area contributed by atoms with E-state index in [9.17, 15) is 14.4 Å². The highest BCUT2D eigenvalue weighted by Gasteiger charge is 2.19. The van der Waals surface area contributed by atoms with E-state index >= 15 is 0 Å². The molecule has 3 aromatic rings. The first-order valence-corrected chi connectivity index (χ1v) is 11.1. The van der Waals surface area contributed by atoms with Gasteiger partial charge in [0.25, 0.3) is 5.56 Å². The molecule has 0 bridgehead atoms. The first-order chi connectivity index (χ1) is 14.1. The molecule has 1 fully saturated rings. The predicted octanol–water partition coefficient (Wildman–Crippen LogP) is 2.92. The fourth-order valence-electron chi connectivity index (χ4n) is 4.03. The molecule has 6 nitrogen and oxygen atoms in total. The number of amides is 1. The quantitative estimate of drug-likeness (QED) is 0.678. The van der Waals surface area contributed by atoms with Gasteiger partial charge in [0.1, 0.15) is 11.2 Å². The number of hydrogen-bond donors (Lipinski definition) is 1. The number of aryl methyl sites for hydroxylation is 1. The zero-order chi connectivity index (χ0) is 20.2. The third kappa shape index (κ3) is 4.34. The van der Waals surface area contributed by atoms with Crippen LogP contribution < -0.4 is 16.6 Å². The van der Waals surface area contributed by atoms with Crippen molar-refractivity contribution in [2.45, 2.75) is 57.7 Å². The molecule has 29 heavy (non-hydrogen) atoms. The van der Waals surface area contributed by atoms with Crippen LogP contribution in [0.25, 0.3) is 10.2 Å². The van der Waals surface area contributed by atoms with Crippen LogP contribution in [0.4, 0.5) is 0 Å². The molecule has 152 valence electrons.